The summed E-state index contributed by atoms with van der Waals surface area (Å²) in [6.07, 6.45) is 1.20. The third kappa shape index (κ3) is 5.88. The van der Waals surface area contributed by atoms with Crippen LogP contribution in [0.3, 0.4) is 0 Å². The second-order valence-electron chi connectivity index (χ2n) is 6.50. The molecule has 1 atom stereocenters. The number of rotatable bonds is 9. The maximum absolute atomic E-state index is 12.7. The molecule has 0 aliphatic carbocycles. The van der Waals surface area contributed by atoms with E-state index in [1.54, 1.807) is 6.92 Å². The van der Waals surface area contributed by atoms with Gasteiger partial charge in [0.2, 0.25) is 15.9 Å². The lowest BCUT2D eigenvalue weighted by molar-refractivity contribution is -0.384. The number of non-ortho nitro benzene ring substituents is 1. The Bertz CT molecular complexity index is 795. The molecule has 1 heterocycles. The topological polar surface area (TPSA) is 122 Å². The highest BCUT2D eigenvalue weighted by Gasteiger charge is 2.32. The van der Waals surface area contributed by atoms with Crippen LogP contribution in [-0.4, -0.2) is 75.8 Å². The van der Waals surface area contributed by atoms with Gasteiger partial charge in [0, 0.05) is 38.3 Å². The number of nitrogens with one attached hydrogen (secondary N) is 1. The zero-order valence-electron chi connectivity index (χ0n) is 16.0. The standard InChI is InChI=1S/C17H26N4O6S/c1-3-16(17(22)18-7-8-19-9-11-27-12-10-19)20(28(2,25)26)14-5-4-6-15(13-14)21(23)24/h4-6,13,16H,3,7-12H2,1-2H3,(H,18,22). The van der Waals surface area contributed by atoms with Gasteiger partial charge in [-0.05, 0) is 12.5 Å². The lowest BCUT2D eigenvalue weighted by Gasteiger charge is -2.30. The van der Waals surface area contributed by atoms with Crippen molar-refractivity contribution in [1.82, 2.24) is 10.2 Å². The first-order chi connectivity index (χ1) is 13.2. The quantitative estimate of drug-likeness (QED) is 0.463. The molecule has 1 amide bonds. The minimum Gasteiger partial charge on any atom is -0.379 e. The van der Waals surface area contributed by atoms with E-state index >= 15 is 0 Å². The van der Waals surface area contributed by atoms with Crippen LogP contribution >= 0.6 is 0 Å². The van der Waals surface area contributed by atoms with Gasteiger partial charge in [0.25, 0.3) is 5.69 Å². The van der Waals surface area contributed by atoms with Gasteiger partial charge in [0.1, 0.15) is 6.04 Å². The highest BCUT2D eigenvalue weighted by molar-refractivity contribution is 7.92. The molecule has 11 heteroatoms. The van der Waals surface area contributed by atoms with Gasteiger partial charge in [-0.15, -0.1) is 0 Å². The van der Waals surface area contributed by atoms with Crippen LogP contribution in [0.1, 0.15) is 13.3 Å². The maximum Gasteiger partial charge on any atom is 0.271 e. The summed E-state index contributed by atoms with van der Waals surface area (Å²) < 4.78 is 31.0. The molecule has 0 aromatic heterocycles. The predicted octanol–water partition coefficient (Wildman–Crippen LogP) is 0.588. The number of carbonyl (C=O) groups excluding carboxylic acids is 1. The molecular formula is C17H26N4O6S. The summed E-state index contributed by atoms with van der Waals surface area (Å²) in [5.74, 6) is -0.437. The van der Waals surface area contributed by atoms with Gasteiger partial charge >= 0.3 is 0 Å². The predicted molar refractivity (Wildman–Crippen MR) is 105 cm³/mol. The zero-order chi connectivity index (χ0) is 20.7. The Morgan fingerprint density at radius 1 is 1.39 bits per heavy atom. The van der Waals surface area contributed by atoms with Crippen LogP contribution in [0.15, 0.2) is 24.3 Å². The number of anilines is 1. The van der Waals surface area contributed by atoms with Crippen molar-refractivity contribution in [3.63, 3.8) is 0 Å². The number of morpholine rings is 1. The van der Waals surface area contributed by atoms with Crippen LogP contribution in [0.2, 0.25) is 0 Å². The van der Waals surface area contributed by atoms with Crippen LogP contribution in [-0.2, 0) is 19.6 Å². The van der Waals surface area contributed by atoms with Crippen LogP contribution in [0.5, 0.6) is 0 Å². The molecule has 1 saturated heterocycles. The van der Waals surface area contributed by atoms with E-state index in [1.807, 2.05) is 0 Å². The lowest BCUT2D eigenvalue weighted by Crippen LogP contribution is -2.50. The first kappa shape index (κ1) is 22.1. The number of nitro groups is 1. The van der Waals surface area contributed by atoms with Crippen molar-refractivity contribution < 1.29 is 22.9 Å². The molecule has 28 heavy (non-hydrogen) atoms. The van der Waals surface area contributed by atoms with Crippen molar-refractivity contribution in [1.29, 1.82) is 0 Å². The SMILES string of the molecule is CCC(C(=O)NCCN1CCOCC1)N(c1cccc([N+](=O)[O-])c1)S(C)(=O)=O. The van der Waals surface area contributed by atoms with Crippen LogP contribution in [0.4, 0.5) is 11.4 Å². The van der Waals surface area contributed by atoms with Crippen molar-refractivity contribution >= 4 is 27.3 Å². The number of benzene rings is 1. The molecule has 1 fully saturated rings. The smallest absolute Gasteiger partial charge is 0.271 e. The van der Waals surface area contributed by atoms with Gasteiger partial charge in [0.15, 0.2) is 0 Å². The summed E-state index contributed by atoms with van der Waals surface area (Å²) in [7, 11) is -3.84. The van der Waals surface area contributed by atoms with E-state index in [1.165, 1.54) is 18.2 Å². The summed E-state index contributed by atoms with van der Waals surface area (Å²) in [5.41, 5.74) is -0.152. The van der Waals surface area contributed by atoms with E-state index in [9.17, 15) is 23.3 Å². The van der Waals surface area contributed by atoms with Crippen molar-refractivity contribution in [2.75, 3.05) is 50.0 Å². The molecular weight excluding hydrogens is 388 g/mol. The molecule has 1 aliphatic heterocycles. The fraction of sp³-hybridized carbons (Fsp3) is 0.588. The number of nitro benzene ring substituents is 1. The highest BCUT2D eigenvalue weighted by Crippen LogP contribution is 2.26. The maximum atomic E-state index is 12.7. The highest BCUT2D eigenvalue weighted by atomic mass is 32.2. The Balaban J connectivity index is 2.14. The number of carbonyl (C=O) groups is 1. The van der Waals surface area contributed by atoms with Crippen molar-refractivity contribution in [2.24, 2.45) is 0 Å². The van der Waals surface area contributed by atoms with E-state index < -0.39 is 26.9 Å². The van der Waals surface area contributed by atoms with E-state index in [2.05, 4.69) is 10.2 Å². The van der Waals surface area contributed by atoms with Crippen molar-refractivity contribution in [3.8, 4) is 0 Å². The van der Waals surface area contributed by atoms with Gasteiger partial charge in [-0.3, -0.25) is 24.1 Å². The average Bonchev–Trinajstić information content (AvgIpc) is 2.65. The fourth-order valence-corrected chi connectivity index (χ4v) is 4.29. The molecule has 1 aliphatic rings. The Labute approximate surface area is 164 Å². The second-order valence-corrected chi connectivity index (χ2v) is 8.36. The number of nitrogens with zero attached hydrogens (tertiary/aromatic N) is 3. The van der Waals surface area contributed by atoms with E-state index in [-0.39, 0.29) is 17.8 Å². The molecule has 1 unspecified atom stereocenters. The molecule has 0 radical (unpaired) electrons. The number of amides is 1. The van der Waals surface area contributed by atoms with E-state index in [4.69, 9.17) is 4.74 Å². The van der Waals surface area contributed by atoms with Crippen molar-refractivity contribution in [3.05, 3.63) is 34.4 Å². The molecule has 1 N–H and O–H groups in total. The molecule has 0 saturated carbocycles. The molecule has 1 aromatic rings. The summed E-state index contributed by atoms with van der Waals surface area (Å²) in [6, 6.07) is 4.27. The van der Waals surface area contributed by atoms with Gasteiger partial charge < -0.3 is 10.1 Å². The van der Waals surface area contributed by atoms with Gasteiger partial charge in [-0.25, -0.2) is 8.42 Å². The van der Waals surface area contributed by atoms with Gasteiger partial charge in [-0.2, -0.15) is 0 Å². The van der Waals surface area contributed by atoms with E-state index in [0.29, 0.717) is 26.3 Å². The number of hydrogen-bond donors (Lipinski definition) is 1. The van der Waals surface area contributed by atoms with E-state index in [0.717, 1.165) is 29.7 Å². The largest absolute Gasteiger partial charge is 0.379 e. The number of hydrogen-bond acceptors (Lipinski definition) is 7. The minimum absolute atomic E-state index is 0.0897. The molecule has 10 nitrogen and oxygen atoms in total. The third-order valence-electron chi connectivity index (χ3n) is 4.46. The number of sulfonamides is 1. The Morgan fingerprint density at radius 2 is 2.07 bits per heavy atom. The Kier molecular flexibility index (Phi) is 7.72. The monoisotopic (exact) mass is 414 g/mol. The second kappa shape index (κ2) is 9.80. The summed E-state index contributed by atoms with van der Waals surface area (Å²) in [4.78, 5) is 25.3. The third-order valence-corrected chi connectivity index (χ3v) is 5.64. The molecule has 1 aromatic carbocycles. The molecule has 2 rings (SSSR count). The number of ether oxygens (including phenoxy) is 1. The summed E-state index contributed by atoms with van der Waals surface area (Å²) >= 11 is 0. The van der Waals surface area contributed by atoms with Crippen LogP contribution < -0.4 is 9.62 Å². The van der Waals surface area contributed by atoms with Crippen LogP contribution in [0.25, 0.3) is 0 Å². The molecule has 156 valence electrons. The van der Waals surface area contributed by atoms with Gasteiger partial charge in [0.05, 0.1) is 30.1 Å². The Hall–Kier alpha value is -2.24. The Morgan fingerprint density at radius 3 is 2.64 bits per heavy atom. The lowest BCUT2D eigenvalue weighted by atomic mass is 10.2. The summed E-state index contributed by atoms with van der Waals surface area (Å²) in [5, 5.41) is 13.8. The van der Waals surface area contributed by atoms with Gasteiger partial charge in [-0.1, -0.05) is 13.0 Å². The summed E-state index contributed by atoms with van der Waals surface area (Å²) in [6.45, 7) is 5.59. The first-order valence-electron chi connectivity index (χ1n) is 9.05. The molecule has 0 bridgehead atoms. The average molecular weight is 414 g/mol. The first-order valence-corrected chi connectivity index (χ1v) is 10.9. The van der Waals surface area contributed by atoms with Crippen LogP contribution in [0, 0.1) is 10.1 Å². The minimum atomic E-state index is -3.84. The van der Waals surface area contributed by atoms with Crippen molar-refractivity contribution in [2.45, 2.75) is 19.4 Å². The molecule has 0 spiro atoms. The normalized spacial score (nSPS) is 16.4. The fourth-order valence-electron chi connectivity index (χ4n) is 3.08. The zero-order valence-corrected chi connectivity index (χ0v) is 16.9.